The summed E-state index contributed by atoms with van der Waals surface area (Å²) in [5, 5.41) is 0. The Morgan fingerprint density at radius 3 is 2.93 bits per heavy atom. The maximum Gasteiger partial charge on any atom is 0.107 e. The van der Waals surface area contributed by atoms with Gasteiger partial charge in [-0.25, -0.2) is 4.98 Å². The van der Waals surface area contributed by atoms with Crippen molar-refractivity contribution in [1.82, 2.24) is 9.97 Å². The Labute approximate surface area is 89.5 Å². The average molecular weight is 204 g/mol. The highest BCUT2D eigenvalue weighted by molar-refractivity contribution is 5.74. The molecule has 80 valence electrons. The number of nitrogens with one attached hydrogen (secondary N) is 1. The van der Waals surface area contributed by atoms with E-state index in [-0.39, 0.29) is 0 Å². The minimum atomic E-state index is 0.496. The molecule has 1 atom stereocenters. The van der Waals surface area contributed by atoms with Gasteiger partial charge in [0.2, 0.25) is 0 Å². The lowest BCUT2D eigenvalue weighted by Crippen LogP contribution is -2.07. The fraction of sp³-hybridized carbons (Fsp3) is 0.417. The minimum absolute atomic E-state index is 0.496. The Morgan fingerprint density at radius 1 is 1.40 bits per heavy atom. The maximum absolute atomic E-state index is 5.11. The van der Waals surface area contributed by atoms with Crippen molar-refractivity contribution in [2.24, 2.45) is 5.92 Å². The zero-order valence-electron chi connectivity index (χ0n) is 9.16. The molecule has 1 unspecified atom stereocenters. The van der Waals surface area contributed by atoms with Crippen molar-refractivity contribution in [1.29, 1.82) is 0 Å². The van der Waals surface area contributed by atoms with Gasteiger partial charge >= 0.3 is 0 Å². The lowest BCUT2D eigenvalue weighted by molar-refractivity contribution is 0.159. The van der Waals surface area contributed by atoms with E-state index in [1.165, 1.54) is 0 Å². The Morgan fingerprint density at radius 2 is 2.20 bits per heavy atom. The van der Waals surface area contributed by atoms with Crippen molar-refractivity contribution in [3.05, 3.63) is 30.1 Å². The van der Waals surface area contributed by atoms with E-state index < -0.39 is 0 Å². The topological polar surface area (TPSA) is 37.9 Å². The van der Waals surface area contributed by atoms with Crippen LogP contribution in [0.15, 0.2) is 24.3 Å². The number of methoxy groups -OCH3 is 1. The summed E-state index contributed by atoms with van der Waals surface area (Å²) >= 11 is 0. The molecule has 0 aliphatic rings. The first-order chi connectivity index (χ1) is 7.29. The lowest BCUT2D eigenvalue weighted by Gasteiger charge is -2.06. The van der Waals surface area contributed by atoms with Crippen LogP contribution in [0.4, 0.5) is 0 Å². The number of ether oxygens (including phenoxy) is 1. The normalized spacial score (nSPS) is 13.2. The van der Waals surface area contributed by atoms with Gasteiger partial charge in [0, 0.05) is 20.1 Å². The van der Waals surface area contributed by atoms with E-state index >= 15 is 0 Å². The van der Waals surface area contributed by atoms with Crippen molar-refractivity contribution in [3.8, 4) is 0 Å². The third-order valence-corrected chi connectivity index (χ3v) is 2.43. The van der Waals surface area contributed by atoms with Crippen LogP contribution in [0.3, 0.4) is 0 Å². The zero-order chi connectivity index (χ0) is 10.7. The summed E-state index contributed by atoms with van der Waals surface area (Å²) in [5.41, 5.74) is 2.15. The summed E-state index contributed by atoms with van der Waals surface area (Å²) in [6.07, 6.45) is 0.933. The molecule has 1 aromatic heterocycles. The smallest absolute Gasteiger partial charge is 0.107 e. The summed E-state index contributed by atoms with van der Waals surface area (Å²) in [6, 6.07) is 8.09. The highest BCUT2D eigenvalue weighted by Gasteiger charge is 2.07. The summed E-state index contributed by atoms with van der Waals surface area (Å²) in [6.45, 7) is 2.94. The average Bonchev–Trinajstić information content (AvgIpc) is 2.59. The van der Waals surface area contributed by atoms with Crippen LogP contribution in [0.1, 0.15) is 12.7 Å². The van der Waals surface area contributed by atoms with Crippen molar-refractivity contribution >= 4 is 11.0 Å². The third-order valence-electron chi connectivity index (χ3n) is 2.43. The van der Waals surface area contributed by atoms with E-state index in [4.69, 9.17) is 4.74 Å². The Kier molecular flexibility index (Phi) is 3.02. The molecule has 1 heterocycles. The van der Waals surface area contributed by atoms with E-state index in [1.807, 2.05) is 24.3 Å². The van der Waals surface area contributed by atoms with Crippen LogP contribution in [0.2, 0.25) is 0 Å². The number of aromatic amines is 1. The molecule has 1 aromatic carbocycles. The van der Waals surface area contributed by atoms with Crippen LogP contribution in [-0.2, 0) is 11.2 Å². The maximum atomic E-state index is 5.11. The summed E-state index contributed by atoms with van der Waals surface area (Å²) in [4.78, 5) is 7.84. The number of hydrogen-bond acceptors (Lipinski definition) is 2. The quantitative estimate of drug-likeness (QED) is 0.830. The molecule has 0 amide bonds. The highest BCUT2D eigenvalue weighted by Crippen LogP contribution is 2.13. The van der Waals surface area contributed by atoms with Crippen molar-refractivity contribution in [2.45, 2.75) is 13.3 Å². The number of fused-ring (bicyclic) bond motifs is 1. The number of nitrogens with zero attached hydrogens (tertiary/aromatic N) is 1. The molecule has 0 fully saturated rings. The van der Waals surface area contributed by atoms with Gasteiger partial charge in [-0.3, -0.25) is 0 Å². The molecule has 0 aliphatic heterocycles. The second-order valence-electron chi connectivity index (χ2n) is 3.97. The van der Waals surface area contributed by atoms with Gasteiger partial charge in [0.05, 0.1) is 11.0 Å². The fourth-order valence-electron chi connectivity index (χ4n) is 1.78. The van der Waals surface area contributed by atoms with Crippen molar-refractivity contribution in [3.63, 3.8) is 0 Å². The molecule has 2 rings (SSSR count). The molecule has 0 aliphatic carbocycles. The molecule has 0 saturated heterocycles. The number of imidazole rings is 1. The first-order valence-corrected chi connectivity index (χ1v) is 5.22. The number of aromatic nitrogens is 2. The van der Waals surface area contributed by atoms with Crippen LogP contribution in [0, 0.1) is 5.92 Å². The van der Waals surface area contributed by atoms with Crippen LogP contribution >= 0.6 is 0 Å². The van der Waals surface area contributed by atoms with E-state index in [0.717, 1.165) is 29.9 Å². The van der Waals surface area contributed by atoms with Crippen LogP contribution in [0.25, 0.3) is 11.0 Å². The molecule has 3 heteroatoms. The van der Waals surface area contributed by atoms with Crippen molar-refractivity contribution < 1.29 is 4.74 Å². The van der Waals surface area contributed by atoms with Crippen LogP contribution in [0.5, 0.6) is 0 Å². The molecule has 1 N–H and O–H groups in total. The minimum Gasteiger partial charge on any atom is -0.384 e. The van der Waals surface area contributed by atoms with E-state index in [2.05, 4.69) is 16.9 Å². The van der Waals surface area contributed by atoms with Crippen molar-refractivity contribution in [2.75, 3.05) is 13.7 Å². The molecule has 2 aromatic rings. The highest BCUT2D eigenvalue weighted by atomic mass is 16.5. The second-order valence-corrected chi connectivity index (χ2v) is 3.97. The summed E-state index contributed by atoms with van der Waals surface area (Å²) in [7, 11) is 1.73. The van der Waals surface area contributed by atoms with Crippen LogP contribution in [-0.4, -0.2) is 23.7 Å². The van der Waals surface area contributed by atoms with Gasteiger partial charge in [-0.1, -0.05) is 19.1 Å². The zero-order valence-corrected chi connectivity index (χ0v) is 9.16. The molecule has 0 spiro atoms. The summed E-state index contributed by atoms with van der Waals surface area (Å²) in [5.74, 6) is 1.54. The molecule has 0 radical (unpaired) electrons. The largest absolute Gasteiger partial charge is 0.384 e. The van der Waals surface area contributed by atoms with Gasteiger partial charge in [-0.05, 0) is 18.1 Å². The second kappa shape index (κ2) is 4.45. The van der Waals surface area contributed by atoms with Gasteiger partial charge in [-0.15, -0.1) is 0 Å². The molecular formula is C12H16N2O. The monoisotopic (exact) mass is 204 g/mol. The van der Waals surface area contributed by atoms with Gasteiger partial charge in [0.15, 0.2) is 0 Å². The molecule has 0 bridgehead atoms. The number of H-pyrrole nitrogens is 1. The number of para-hydroxylation sites is 2. The molecule has 0 saturated carbocycles. The number of benzene rings is 1. The van der Waals surface area contributed by atoms with E-state index in [0.29, 0.717) is 5.92 Å². The molecular weight excluding hydrogens is 188 g/mol. The Hall–Kier alpha value is -1.35. The van der Waals surface area contributed by atoms with Gasteiger partial charge in [0.1, 0.15) is 5.82 Å². The molecule has 15 heavy (non-hydrogen) atoms. The standard InChI is InChI=1S/C12H16N2O/c1-9(8-15-2)7-12-13-10-5-3-4-6-11(10)14-12/h3-6,9H,7-8H2,1-2H3,(H,13,14). The van der Waals surface area contributed by atoms with Gasteiger partial charge < -0.3 is 9.72 Å². The Balaban J connectivity index is 2.15. The van der Waals surface area contributed by atoms with Gasteiger partial charge in [-0.2, -0.15) is 0 Å². The fourth-order valence-corrected chi connectivity index (χ4v) is 1.78. The van der Waals surface area contributed by atoms with Gasteiger partial charge in [0.25, 0.3) is 0 Å². The predicted octanol–water partition coefficient (Wildman–Crippen LogP) is 2.39. The summed E-state index contributed by atoms with van der Waals surface area (Å²) < 4.78 is 5.11. The predicted molar refractivity (Wildman–Crippen MR) is 60.8 cm³/mol. The van der Waals surface area contributed by atoms with E-state index in [1.54, 1.807) is 7.11 Å². The van der Waals surface area contributed by atoms with Crippen LogP contribution < -0.4 is 0 Å². The SMILES string of the molecule is COCC(C)Cc1nc2ccccc2[nH]1. The Bertz CT molecular complexity index is 403. The number of hydrogen-bond donors (Lipinski definition) is 1. The first-order valence-electron chi connectivity index (χ1n) is 5.22. The van der Waals surface area contributed by atoms with E-state index in [9.17, 15) is 0 Å². The first kappa shape index (κ1) is 10.2. The number of rotatable bonds is 4. The third kappa shape index (κ3) is 2.36. The lowest BCUT2D eigenvalue weighted by atomic mass is 10.1. The molecule has 3 nitrogen and oxygen atoms in total.